The van der Waals surface area contributed by atoms with Crippen LogP contribution in [0.25, 0.3) is 0 Å². The van der Waals surface area contributed by atoms with Crippen LogP contribution in [0.15, 0.2) is 12.3 Å². The number of aryl methyl sites for hydroxylation is 2. The van der Waals surface area contributed by atoms with Gasteiger partial charge in [-0.2, -0.15) is 0 Å². The predicted octanol–water partition coefficient (Wildman–Crippen LogP) is 2.50. The lowest BCUT2D eigenvalue weighted by Crippen LogP contribution is -1.95. The van der Waals surface area contributed by atoms with E-state index < -0.39 is 5.24 Å². The third kappa shape index (κ3) is 2.47. The van der Waals surface area contributed by atoms with Gasteiger partial charge in [0.2, 0.25) is 0 Å². The Balaban J connectivity index is 0.00000121. The van der Waals surface area contributed by atoms with Crippen LogP contribution < -0.4 is 0 Å². The maximum atomic E-state index is 10.7. The van der Waals surface area contributed by atoms with E-state index in [0.717, 1.165) is 11.3 Å². The first-order valence-corrected chi connectivity index (χ1v) is 3.62. The summed E-state index contributed by atoms with van der Waals surface area (Å²) < 4.78 is 0. The number of carbonyl (C=O) groups excluding carboxylic acids is 1. The van der Waals surface area contributed by atoms with Gasteiger partial charge in [-0.05, 0) is 37.1 Å². The van der Waals surface area contributed by atoms with Gasteiger partial charge in [-0.15, -0.1) is 12.4 Å². The molecule has 0 aliphatic carbocycles. The number of carbonyl (C=O) groups is 1. The van der Waals surface area contributed by atoms with Crippen molar-refractivity contribution in [2.24, 2.45) is 0 Å². The van der Waals surface area contributed by atoms with Crippen LogP contribution in [0.3, 0.4) is 0 Å². The highest BCUT2D eigenvalue weighted by atomic mass is 35.5. The molecule has 0 aromatic carbocycles. The molecular weight excluding hydrogens is 197 g/mol. The molecule has 12 heavy (non-hydrogen) atoms. The number of pyridine rings is 1. The van der Waals surface area contributed by atoms with Crippen LogP contribution in [0.4, 0.5) is 0 Å². The summed E-state index contributed by atoms with van der Waals surface area (Å²) in [5.41, 5.74) is 2.25. The molecule has 0 aliphatic rings. The van der Waals surface area contributed by atoms with Crippen LogP contribution in [-0.4, -0.2) is 10.2 Å². The summed E-state index contributed by atoms with van der Waals surface area (Å²) in [5, 5.41) is -0.449. The van der Waals surface area contributed by atoms with E-state index in [4.69, 9.17) is 11.6 Å². The maximum Gasteiger partial charge on any atom is 0.254 e. The molecule has 0 saturated heterocycles. The van der Waals surface area contributed by atoms with E-state index in [1.165, 1.54) is 6.20 Å². The predicted molar refractivity (Wildman–Crippen MR) is 51.1 cm³/mol. The highest BCUT2D eigenvalue weighted by Crippen LogP contribution is 2.09. The minimum absolute atomic E-state index is 0. The van der Waals surface area contributed by atoms with Gasteiger partial charge in [-0.3, -0.25) is 9.78 Å². The summed E-state index contributed by atoms with van der Waals surface area (Å²) in [6.45, 7) is 3.71. The second-order valence-electron chi connectivity index (χ2n) is 2.41. The van der Waals surface area contributed by atoms with E-state index in [0.29, 0.717) is 5.56 Å². The molecule has 0 fully saturated rings. The lowest BCUT2D eigenvalue weighted by molar-refractivity contribution is 0.108. The standard InChI is InChI=1S/C8H8ClNO.ClH/c1-5-3-6(2)10-4-7(5)8(9)11;/h3-4H,1-2H3;1H. The molecule has 0 unspecified atom stereocenters. The second kappa shape index (κ2) is 4.43. The zero-order chi connectivity index (χ0) is 8.43. The van der Waals surface area contributed by atoms with E-state index in [2.05, 4.69) is 4.98 Å². The zero-order valence-corrected chi connectivity index (χ0v) is 8.37. The fourth-order valence-corrected chi connectivity index (χ4v) is 1.10. The van der Waals surface area contributed by atoms with Gasteiger partial charge in [-0.25, -0.2) is 0 Å². The molecule has 66 valence electrons. The van der Waals surface area contributed by atoms with Gasteiger partial charge >= 0.3 is 0 Å². The molecule has 1 aromatic heterocycles. The van der Waals surface area contributed by atoms with Gasteiger partial charge in [0, 0.05) is 11.9 Å². The molecule has 0 amide bonds. The van der Waals surface area contributed by atoms with Crippen molar-refractivity contribution < 1.29 is 4.79 Å². The topological polar surface area (TPSA) is 30.0 Å². The summed E-state index contributed by atoms with van der Waals surface area (Å²) >= 11 is 5.28. The van der Waals surface area contributed by atoms with Crippen molar-refractivity contribution in [3.05, 3.63) is 29.1 Å². The van der Waals surface area contributed by atoms with Crippen LogP contribution in [0.5, 0.6) is 0 Å². The van der Waals surface area contributed by atoms with Crippen molar-refractivity contribution in [2.45, 2.75) is 13.8 Å². The van der Waals surface area contributed by atoms with E-state index >= 15 is 0 Å². The highest BCUT2D eigenvalue weighted by Gasteiger charge is 2.05. The summed E-state index contributed by atoms with van der Waals surface area (Å²) in [6.07, 6.45) is 1.50. The lowest BCUT2D eigenvalue weighted by Gasteiger charge is -1.99. The average molecular weight is 206 g/mol. The molecule has 0 bridgehead atoms. The smallest absolute Gasteiger partial charge is 0.254 e. The summed E-state index contributed by atoms with van der Waals surface area (Å²) in [4.78, 5) is 14.7. The third-order valence-corrected chi connectivity index (χ3v) is 1.66. The van der Waals surface area contributed by atoms with Crippen LogP contribution in [0.1, 0.15) is 21.6 Å². The number of hydrogen-bond donors (Lipinski definition) is 0. The second-order valence-corrected chi connectivity index (χ2v) is 2.76. The van der Waals surface area contributed by atoms with Crippen molar-refractivity contribution in [3.63, 3.8) is 0 Å². The SMILES string of the molecule is Cc1cc(C)c(C(=O)Cl)cn1.Cl. The monoisotopic (exact) mass is 205 g/mol. The van der Waals surface area contributed by atoms with E-state index in [1.54, 1.807) is 0 Å². The van der Waals surface area contributed by atoms with Crippen LogP contribution in [-0.2, 0) is 0 Å². The van der Waals surface area contributed by atoms with Gasteiger partial charge in [0.25, 0.3) is 5.24 Å². The largest absolute Gasteiger partial charge is 0.276 e. The molecule has 1 rings (SSSR count). The third-order valence-electron chi connectivity index (χ3n) is 1.46. The van der Waals surface area contributed by atoms with E-state index in [1.807, 2.05) is 19.9 Å². The summed E-state index contributed by atoms with van der Waals surface area (Å²) in [6, 6.07) is 1.83. The van der Waals surface area contributed by atoms with E-state index in [-0.39, 0.29) is 12.4 Å². The number of halogens is 2. The van der Waals surface area contributed by atoms with Crippen molar-refractivity contribution in [1.29, 1.82) is 0 Å². The molecule has 0 atom stereocenters. The highest BCUT2D eigenvalue weighted by molar-refractivity contribution is 6.67. The molecule has 0 N–H and O–H groups in total. The van der Waals surface area contributed by atoms with Crippen LogP contribution in [0, 0.1) is 13.8 Å². The number of aromatic nitrogens is 1. The molecule has 0 aliphatic heterocycles. The maximum absolute atomic E-state index is 10.7. The Morgan fingerprint density at radius 3 is 2.50 bits per heavy atom. The first-order valence-electron chi connectivity index (χ1n) is 3.24. The first-order chi connectivity index (χ1) is 5.11. The van der Waals surface area contributed by atoms with Crippen LogP contribution >= 0.6 is 24.0 Å². The number of hydrogen-bond acceptors (Lipinski definition) is 2. The van der Waals surface area contributed by atoms with Crippen molar-refractivity contribution in [2.75, 3.05) is 0 Å². The molecule has 1 heterocycles. The quantitative estimate of drug-likeness (QED) is 0.660. The Morgan fingerprint density at radius 2 is 2.08 bits per heavy atom. The summed E-state index contributed by atoms with van der Waals surface area (Å²) in [5.74, 6) is 0. The van der Waals surface area contributed by atoms with Gasteiger partial charge in [0.15, 0.2) is 0 Å². The fraction of sp³-hybridized carbons (Fsp3) is 0.250. The molecule has 0 radical (unpaired) electrons. The zero-order valence-electron chi connectivity index (χ0n) is 6.80. The molecule has 0 spiro atoms. The number of rotatable bonds is 1. The Hall–Kier alpha value is -0.600. The van der Waals surface area contributed by atoms with Crippen LogP contribution in [0.2, 0.25) is 0 Å². The molecule has 4 heteroatoms. The normalized spacial score (nSPS) is 8.92. The Bertz CT molecular complexity index is 299. The van der Waals surface area contributed by atoms with Crippen molar-refractivity contribution >= 4 is 29.3 Å². The fourth-order valence-electron chi connectivity index (χ4n) is 0.902. The van der Waals surface area contributed by atoms with Crippen molar-refractivity contribution in [1.82, 2.24) is 4.98 Å². The van der Waals surface area contributed by atoms with Crippen molar-refractivity contribution in [3.8, 4) is 0 Å². The lowest BCUT2D eigenvalue weighted by atomic mass is 10.1. The Morgan fingerprint density at radius 1 is 1.50 bits per heavy atom. The minimum Gasteiger partial charge on any atom is -0.276 e. The molecule has 0 saturated carbocycles. The molecule has 1 aromatic rings. The van der Waals surface area contributed by atoms with Gasteiger partial charge < -0.3 is 0 Å². The average Bonchev–Trinajstić information content (AvgIpc) is 1.85. The van der Waals surface area contributed by atoms with E-state index in [9.17, 15) is 4.79 Å². The minimum atomic E-state index is -0.449. The first kappa shape index (κ1) is 11.4. The number of nitrogens with zero attached hydrogens (tertiary/aromatic N) is 1. The van der Waals surface area contributed by atoms with Gasteiger partial charge in [0.1, 0.15) is 0 Å². The Kier molecular flexibility index (Phi) is 4.21. The Labute approximate surface area is 82.4 Å². The summed E-state index contributed by atoms with van der Waals surface area (Å²) in [7, 11) is 0. The molecule has 2 nitrogen and oxygen atoms in total. The van der Waals surface area contributed by atoms with Gasteiger partial charge in [-0.1, -0.05) is 0 Å². The van der Waals surface area contributed by atoms with Gasteiger partial charge in [0.05, 0.1) is 5.56 Å². The molecular formula is C8H9Cl2NO.